The smallest absolute Gasteiger partial charge is 0.146 e. The van der Waals surface area contributed by atoms with Crippen molar-refractivity contribution in [1.82, 2.24) is 4.98 Å². The molecule has 0 saturated heterocycles. The predicted molar refractivity (Wildman–Crippen MR) is 77.8 cm³/mol. The van der Waals surface area contributed by atoms with Crippen molar-refractivity contribution in [3.05, 3.63) is 47.5 Å². The molecule has 0 amide bonds. The summed E-state index contributed by atoms with van der Waals surface area (Å²) < 4.78 is 5.95. The lowest BCUT2D eigenvalue weighted by Crippen LogP contribution is -2.45. The minimum absolute atomic E-state index is 0.363. The van der Waals surface area contributed by atoms with E-state index in [0.717, 1.165) is 11.5 Å². The molecule has 1 aliphatic rings. The summed E-state index contributed by atoms with van der Waals surface area (Å²) in [5, 5.41) is 2.96. The van der Waals surface area contributed by atoms with E-state index in [1.807, 2.05) is 38.1 Å². The van der Waals surface area contributed by atoms with Crippen molar-refractivity contribution in [1.29, 1.82) is 0 Å². The molecular weight excluding hydrogens is 254 g/mol. The van der Waals surface area contributed by atoms with Crippen LogP contribution in [0.15, 0.2) is 47.8 Å². The highest BCUT2D eigenvalue weighted by molar-refractivity contribution is 5.71. The molecule has 0 atom stereocenters. The van der Waals surface area contributed by atoms with Crippen molar-refractivity contribution in [2.75, 3.05) is 11.4 Å². The van der Waals surface area contributed by atoms with Crippen molar-refractivity contribution in [3.8, 4) is 5.75 Å². The quantitative estimate of drug-likeness (QED) is 0.778. The Morgan fingerprint density at radius 1 is 1.30 bits per heavy atom. The zero-order valence-corrected chi connectivity index (χ0v) is 11.4. The molecule has 2 heterocycles. The fourth-order valence-electron chi connectivity index (χ4n) is 2.38. The number of aromatic nitrogens is 1. The Balaban J connectivity index is 2.11. The van der Waals surface area contributed by atoms with E-state index in [1.54, 1.807) is 18.3 Å². The molecule has 1 aromatic carbocycles. The van der Waals surface area contributed by atoms with Gasteiger partial charge in [-0.15, -0.1) is 4.91 Å². The number of ether oxygens (including phenoxy) is 1. The van der Waals surface area contributed by atoms with E-state index < -0.39 is 0 Å². The van der Waals surface area contributed by atoms with Crippen LogP contribution < -0.4 is 9.64 Å². The summed E-state index contributed by atoms with van der Waals surface area (Å²) >= 11 is 0. The topological polar surface area (TPSA) is 54.8 Å². The fraction of sp³-hybridized carbons (Fsp3) is 0.267. The van der Waals surface area contributed by atoms with Gasteiger partial charge in [-0.3, -0.25) is 0 Å². The maximum Gasteiger partial charge on any atom is 0.146 e. The lowest BCUT2D eigenvalue weighted by Gasteiger charge is -2.40. The molecule has 3 rings (SSSR count). The molecule has 0 unspecified atom stereocenters. The lowest BCUT2D eigenvalue weighted by atomic mass is 10.0. The van der Waals surface area contributed by atoms with Gasteiger partial charge in [0.25, 0.3) is 0 Å². The third-order valence-corrected chi connectivity index (χ3v) is 3.19. The number of nitroso groups, excluding NO2 is 1. The zero-order valence-electron chi connectivity index (χ0n) is 11.4. The first-order valence-corrected chi connectivity index (χ1v) is 6.44. The van der Waals surface area contributed by atoms with Crippen LogP contribution in [0.1, 0.15) is 13.8 Å². The molecule has 0 bridgehead atoms. The highest BCUT2D eigenvalue weighted by atomic mass is 16.5. The summed E-state index contributed by atoms with van der Waals surface area (Å²) in [6.45, 7) is 4.70. The maximum absolute atomic E-state index is 10.7. The molecule has 0 aliphatic carbocycles. The molecular formula is C15H15N3O2. The van der Waals surface area contributed by atoms with E-state index in [0.29, 0.717) is 18.0 Å². The van der Waals surface area contributed by atoms with Gasteiger partial charge >= 0.3 is 0 Å². The van der Waals surface area contributed by atoms with Crippen molar-refractivity contribution in [2.24, 2.45) is 5.18 Å². The first-order chi connectivity index (χ1) is 9.59. The third kappa shape index (κ3) is 2.22. The first-order valence-electron chi connectivity index (χ1n) is 6.44. The van der Waals surface area contributed by atoms with E-state index in [9.17, 15) is 4.91 Å². The van der Waals surface area contributed by atoms with Crippen molar-refractivity contribution in [2.45, 2.75) is 19.4 Å². The molecule has 2 aromatic rings. The molecule has 1 aromatic heterocycles. The summed E-state index contributed by atoms with van der Waals surface area (Å²) in [6, 6.07) is 11.0. The monoisotopic (exact) mass is 269 g/mol. The van der Waals surface area contributed by atoms with Crippen LogP contribution in [0.5, 0.6) is 5.75 Å². The average Bonchev–Trinajstić information content (AvgIpc) is 2.45. The van der Waals surface area contributed by atoms with Crippen molar-refractivity contribution < 1.29 is 4.74 Å². The number of hydrogen-bond acceptors (Lipinski definition) is 5. The van der Waals surface area contributed by atoms with E-state index in [2.05, 4.69) is 15.1 Å². The van der Waals surface area contributed by atoms with Gasteiger partial charge in [0.1, 0.15) is 22.9 Å². The molecule has 5 nitrogen and oxygen atoms in total. The molecule has 0 N–H and O–H groups in total. The number of benzene rings is 1. The predicted octanol–water partition coefficient (Wildman–Crippen LogP) is 3.79. The summed E-state index contributed by atoms with van der Waals surface area (Å²) in [6.07, 6.45) is 1.76. The summed E-state index contributed by atoms with van der Waals surface area (Å²) in [7, 11) is 0. The highest BCUT2D eigenvalue weighted by Gasteiger charge is 2.33. The van der Waals surface area contributed by atoms with E-state index in [1.165, 1.54) is 0 Å². The van der Waals surface area contributed by atoms with E-state index in [4.69, 9.17) is 4.74 Å². The number of nitrogens with zero attached hydrogens (tertiary/aromatic N) is 3. The van der Waals surface area contributed by atoms with Crippen LogP contribution in [-0.2, 0) is 0 Å². The van der Waals surface area contributed by atoms with Gasteiger partial charge in [0.15, 0.2) is 0 Å². The van der Waals surface area contributed by atoms with Crippen LogP contribution in [0.4, 0.5) is 17.2 Å². The van der Waals surface area contributed by atoms with Crippen LogP contribution in [-0.4, -0.2) is 17.1 Å². The number of hydrogen-bond donors (Lipinski definition) is 0. The molecule has 102 valence electrons. The summed E-state index contributed by atoms with van der Waals surface area (Å²) in [5.74, 6) is 1.51. The van der Waals surface area contributed by atoms with Gasteiger partial charge in [0.05, 0.1) is 12.2 Å². The van der Waals surface area contributed by atoms with Crippen LogP contribution in [0.3, 0.4) is 0 Å². The Morgan fingerprint density at radius 2 is 2.15 bits per heavy atom. The Bertz CT molecular complexity index is 641. The second-order valence-electron chi connectivity index (χ2n) is 5.38. The van der Waals surface area contributed by atoms with E-state index >= 15 is 0 Å². The van der Waals surface area contributed by atoms with Gasteiger partial charge in [-0.05, 0) is 43.3 Å². The molecule has 0 spiro atoms. The zero-order chi connectivity index (χ0) is 14.2. The minimum atomic E-state index is -0.369. The van der Waals surface area contributed by atoms with Gasteiger partial charge in [-0.1, -0.05) is 6.07 Å². The molecule has 0 fully saturated rings. The van der Waals surface area contributed by atoms with Gasteiger partial charge in [0.2, 0.25) is 0 Å². The fourth-order valence-corrected chi connectivity index (χ4v) is 2.38. The van der Waals surface area contributed by atoms with Crippen molar-refractivity contribution >= 4 is 17.2 Å². The van der Waals surface area contributed by atoms with Gasteiger partial charge < -0.3 is 9.64 Å². The Hall–Kier alpha value is -2.43. The SMILES string of the molecule is CC1(C)CN(c2ccccn2)c2ccc(N=O)cc2O1. The third-order valence-electron chi connectivity index (χ3n) is 3.19. The standard InChI is InChI=1S/C15H15N3O2/c1-15(2)10-18(14-5-3-4-8-16-14)12-7-6-11(17-19)9-13(12)20-15/h3-9H,10H2,1-2H3. The molecule has 0 radical (unpaired) electrons. The molecule has 1 aliphatic heterocycles. The Kier molecular flexibility index (Phi) is 2.89. The lowest BCUT2D eigenvalue weighted by molar-refractivity contribution is 0.109. The summed E-state index contributed by atoms with van der Waals surface area (Å²) in [5.41, 5.74) is 0.893. The number of rotatable bonds is 2. The second-order valence-corrected chi connectivity index (χ2v) is 5.38. The Morgan fingerprint density at radius 3 is 2.85 bits per heavy atom. The van der Waals surface area contributed by atoms with E-state index in [-0.39, 0.29) is 5.60 Å². The van der Waals surface area contributed by atoms with Crippen LogP contribution in [0.2, 0.25) is 0 Å². The maximum atomic E-state index is 10.7. The van der Waals surface area contributed by atoms with Crippen LogP contribution in [0, 0.1) is 4.91 Å². The number of pyridine rings is 1. The van der Waals surface area contributed by atoms with Crippen LogP contribution in [0.25, 0.3) is 0 Å². The molecule has 0 saturated carbocycles. The second kappa shape index (κ2) is 4.59. The average molecular weight is 269 g/mol. The normalized spacial score (nSPS) is 16.2. The van der Waals surface area contributed by atoms with Crippen LogP contribution >= 0.6 is 0 Å². The number of anilines is 2. The Labute approximate surface area is 117 Å². The number of fused-ring (bicyclic) bond motifs is 1. The molecule has 5 heteroatoms. The summed E-state index contributed by atoms with van der Waals surface area (Å²) in [4.78, 5) is 17.2. The van der Waals surface area contributed by atoms with Gasteiger partial charge in [-0.2, -0.15) is 0 Å². The first kappa shape index (κ1) is 12.6. The highest BCUT2D eigenvalue weighted by Crippen LogP contribution is 2.42. The van der Waals surface area contributed by atoms with Gasteiger partial charge in [0, 0.05) is 12.3 Å². The minimum Gasteiger partial charge on any atom is -0.484 e. The van der Waals surface area contributed by atoms with Gasteiger partial charge in [-0.25, -0.2) is 4.98 Å². The van der Waals surface area contributed by atoms with Crippen molar-refractivity contribution in [3.63, 3.8) is 0 Å². The molecule has 20 heavy (non-hydrogen) atoms. The largest absolute Gasteiger partial charge is 0.484 e.